The topological polar surface area (TPSA) is 80.7 Å². The van der Waals surface area contributed by atoms with E-state index in [2.05, 4.69) is 6.58 Å². The lowest BCUT2D eigenvalue weighted by Gasteiger charge is -2.55. The molecule has 26 heavy (non-hydrogen) atoms. The van der Waals surface area contributed by atoms with E-state index < -0.39 is 22.4 Å². The van der Waals surface area contributed by atoms with Crippen molar-refractivity contribution >= 4 is 18.0 Å². The van der Waals surface area contributed by atoms with Crippen LogP contribution in [0.3, 0.4) is 0 Å². The van der Waals surface area contributed by atoms with Crippen molar-refractivity contribution in [2.45, 2.75) is 46.1 Å². The van der Waals surface area contributed by atoms with E-state index in [0.717, 1.165) is 0 Å². The third kappa shape index (κ3) is 2.33. The van der Waals surface area contributed by atoms with Crippen LogP contribution >= 0.6 is 0 Å². The summed E-state index contributed by atoms with van der Waals surface area (Å²) in [5.74, 6) is -1.42. The van der Waals surface area contributed by atoms with Crippen LogP contribution in [0.5, 0.6) is 0 Å². The number of Topliss-reactive ketones (excluding diaryl/α,β-unsaturated/α-hetero) is 2. The number of allylic oxidation sites excluding steroid dienone is 5. The fourth-order valence-corrected chi connectivity index (χ4v) is 5.05. The van der Waals surface area contributed by atoms with E-state index in [4.69, 9.17) is 4.74 Å². The number of hydrogen-bond acceptors (Lipinski definition) is 5. The van der Waals surface area contributed by atoms with Crippen LogP contribution in [0.15, 0.2) is 47.3 Å². The number of aliphatic hydroxyl groups excluding tert-OH is 1. The summed E-state index contributed by atoms with van der Waals surface area (Å²) in [4.78, 5) is 36.4. The molecule has 3 aliphatic carbocycles. The SMILES string of the molecule is C=CCC1=C(O)C2=C(C(=O)C1=O)C1(C)CCC(OC=O)C(C)(C)C1C=C2. The molecule has 0 aromatic carbocycles. The quantitative estimate of drug-likeness (QED) is 0.361. The maximum atomic E-state index is 13.0. The van der Waals surface area contributed by atoms with E-state index in [1.807, 2.05) is 26.8 Å². The number of ether oxygens (including phenoxy) is 1. The molecule has 0 amide bonds. The monoisotopic (exact) mass is 356 g/mol. The number of rotatable bonds is 4. The van der Waals surface area contributed by atoms with Crippen molar-refractivity contribution in [3.63, 3.8) is 0 Å². The third-order valence-electron chi connectivity index (χ3n) is 6.36. The average molecular weight is 356 g/mol. The first kappa shape index (κ1) is 18.4. The molecule has 0 bridgehead atoms. The van der Waals surface area contributed by atoms with Crippen LogP contribution in [0.25, 0.3) is 0 Å². The third-order valence-corrected chi connectivity index (χ3v) is 6.36. The van der Waals surface area contributed by atoms with Crippen molar-refractivity contribution < 1.29 is 24.2 Å². The molecule has 0 saturated heterocycles. The molecule has 0 radical (unpaired) electrons. The Morgan fingerprint density at radius 1 is 1.31 bits per heavy atom. The van der Waals surface area contributed by atoms with Crippen molar-refractivity contribution in [3.05, 3.63) is 47.3 Å². The predicted octanol–water partition coefficient (Wildman–Crippen LogP) is 3.38. The molecule has 0 heterocycles. The lowest BCUT2D eigenvalue weighted by molar-refractivity contribution is -0.150. The van der Waals surface area contributed by atoms with Crippen molar-refractivity contribution in [2.75, 3.05) is 0 Å². The standard InChI is InChI=1S/C21H24O5/c1-5-6-13-17(23)12-7-8-14-20(2,3)15(26-11-22)9-10-21(14,4)16(12)19(25)18(13)24/h5,7-8,11,14-15,23H,1,6,9-10H2,2-4H3. The summed E-state index contributed by atoms with van der Waals surface area (Å²) < 4.78 is 5.29. The molecule has 1 N–H and O–H groups in total. The van der Waals surface area contributed by atoms with Gasteiger partial charge in [-0.2, -0.15) is 0 Å². The summed E-state index contributed by atoms with van der Waals surface area (Å²) in [6.07, 6.45) is 6.28. The maximum absolute atomic E-state index is 13.0. The van der Waals surface area contributed by atoms with Gasteiger partial charge in [0.1, 0.15) is 11.9 Å². The van der Waals surface area contributed by atoms with Gasteiger partial charge in [0.05, 0.1) is 0 Å². The zero-order valence-corrected chi connectivity index (χ0v) is 15.4. The molecule has 138 valence electrons. The normalized spacial score (nSPS) is 32.9. The van der Waals surface area contributed by atoms with Crippen LogP contribution in [0.1, 0.15) is 40.0 Å². The minimum absolute atomic E-state index is 0.0991. The molecule has 1 fully saturated rings. The summed E-state index contributed by atoms with van der Waals surface area (Å²) in [5, 5.41) is 10.6. The van der Waals surface area contributed by atoms with Gasteiger partial charge in [0.25, 0.3) is 6.47 Å². The lowest BCUT2D eigenvalue weighted by atomic mass is 9.50. The van der Waals surface area contributed by atoms with Gasteiger partial charge in [0, 0.05) is 27.5 Å². The molecule has 5 nitrogen and oxygen atoms in total. The summed E-state index contributed by atoms with van der Waals surface area (Å²) in [5.41, 5.74) is -0.0783. The first-order valence-corrected chi connectivity index (χ1v) is 8.84. The molecular formula is C21H24O5. The van der Waals surface area contributed by atoms with Gasteiger partial charge in [-0.15, -0.1) is 6.58 Å². The number of hydrogen-bond donors (Lipinski definition) is 1. The van der Waals surface area contributed by atoms with Gasteiger partial charge in [-0.25, -0.2) is 0 Å². The Morgan fingerprint density at radius 3 is 2.62 bits per heavy atom. The Balaban J connectivity index is 2.14. The van der Waals surface area contributed by atoms with Crippen molar-refractivity contribution in [1.29, 1.82) is 0 Å². The van der Waals surface area contributed by atoms with Crippen molar-refractivity contribution in [2.24, 2.45) is 16.7 Å². The number of ketones is 2. The highest BCUT2D eigenvalue weighted by Crippen LogP contribution is 2.59. The highest BCUT2D eigenvalue weighted by molar-refractivity contribution is 6.50. The van der Waals surface area contributed by atoms with Gasteiger partial charge in [-0.3, -0.25) is 14.4 Å². The molecule has 0 aliphatic heterocycles. The second-order valence-corrected chi connectivity index (χ2v) is 8.10. The molecule has 3 aliphatic rings. The van der Waals surface area contributed by atoms with Gasteiger partial charge in [-0.05, 0) is 25.2 Å². The van der Waals surface area contributed by atoms with Crippen LogP contribution in [0.4, 0.5) is 0 Å². The minimum atomic E-state index is -0.652. The largest absolute Gasteiger partial charge is 0.507 e. The fourth-order valence-electron chi connectivity index (χ4n) is 5.05. The van der Waals surface area contributed by atoms with Crippen molar-refractivity contribution in [1.82, 2.24) is 0 Å². The highest BCUT2D eigenvalue weighted by Gasteiger charge is 2.57. The Bertz CT molecular complexity index is 795. The molecule has 5 heteroatoms. The Labute approximate surface area is 153 Å². The summed E-state index contributed by atoms with van der Waals surface area (Å²) in [7, 11) is 0. The second kappa shape index (κ2) is 6.08. The van der Waals surface area contributed by atoms with E-state index in [0.29, 0.717) is 30.5 Å². The molecule has 3 atom stereocenters. The molecular weight excluding hydrogens is 332 g/mol. The Hall–Kier alpha value is -2.43. The Kier molecular flexibility index (Phi) is 4.29. The Morgan fingerprint density at radius 2 is 2.00 bits per heavy atom. The fraction of sp³-hybridized carbons (Fsp3) is 0.476. The molecule has 0 spiro atoms. The van der Waals surface area contributed by atoms with Gasteiger partial charge in [0.15, 0.2) is 0 Å². The van der Waals surface area contributed by atoms with Crippen LogP contribution < -0.4 is 0 Å². The first-order chi connectivity index (χ1) is 12.2. The van der Waals surface area contributed by atoms with Crippen LogP contribution in [-0.4, -0.2) is 29.2 Å². The summed E-state index contributed by atoms with van der Waals surface area (Å²) in [6.45, 7) is 10.0. The number of fused-ring (bicyclic) bond motifs is 2. The molecule has 1 saturated carbocycles. The number of aliphatic hydroxyl groups is 1. The summed E-state index contributed by atoms with van der Waals surface area (Å²) in [6, 6.07) is 0. The first-order valence-electron chi connectivity index (χ1n) is 8.84. The summed E-state index contributed by atoms with van der Waals surface area (Å²) >= 11 is 0. The average Bonchev–Trinajstić information content (AvgIpc) is 2.58. The van der Waals surface area contributed by atoms with E-state index in [9.17, 15) is 19.5 Å². The van der Waals surface area contributed by atoms with Crippen LogP contribution in [-0.2, 0) is 19.1 Å². The smallest absolute Gasteiger partial charge is 0.293 e. The molecule has 3 unspecified atom stereocenters. The van der Waals surface area contributed by atoms with Gasteiger partial charge >= 0.3 is 0 Å². The zero-order chi connectivity index (χ0) is 19.3. The van der Waals surface area contributed by atoms with E-state index >= 15 is 0 Å². The molecule has 0 aromatic heterocycles. The lowest BCUT2D eigenvalue weighted by Crippen LogP contribution is -2.53. The van der Waals surface area contributed by atoms with E-state index in [-0.39, 0.29) is 29.8 Å². The van der Waals surface area contributed by atoms with Gasteiger partial charge in [0.2, 0.25) is 11.6 Å². The van der Waals surface area contributed by atoms with Gasteiger partial charge in [-0.1, -0.05) is 39.0 Å². The number of carbonyl (C=O) groups excluding carboxylic acids is 3. The van der Waals surface area contributed by atoms with Crippen LogP contribution in [0, 0.1) is 16.7 Å². The second-order valence-electron chi connectivity index (χ2n) is 8.10. The highest BCUT2D eigenvalue weighted by atomic mass is 16.5. The molecule has 0 aromatic rings. The zero-order valence-electron chi connectivity index (χ0n) is 15.4. The van der Waals surface area contributed by atoms with E-state index in [1.165, 1.54) is 6.08 Å². The minimum Gasteiger partial charge on any atom is -0.507 e. The predicted molar refractivity (Wildman–Crippen MR) is 96.2 cm³/mol. The van der Waals surface area contributed by atoms with E-state index in [1.54, 1.807) is 6.08 Å². The van der Waals surface area contributed by atoms with Gasteiger partial charge < -0.3 is 9.84 Å². The van der Waals surface area contributed by atoms with Crippen LogP contribution in [0.2, 0.25) is 0 Å². The molecule has 3 rings (SSSR count). The maximum Gasteiger partial charge on any atom is 0.293 e. The number of carbonyl (C=O) groups is 3. The van der Waals surface area contributed by atoms with Crippen molar-refractivity contribution in [3.8, 4) is 0 Å².